The van der Waals surface area contributed by atoms with Gasteiger partial charge in [-0.05, 0) is 35.9 Å². The molecular formula is C18H12ClN3O3. The second kappa shape index (κ2) is 6.07. The van der Waals surface area contributed by atoms with Gasteiger partial charge in [0.05, 0.1) is 30.0 Å². The van der Waals surface area contributed by atoms with Crippen molar-refractivity contribution in [2.45, 2.75) is 6.54 Å². The summed E-state index contributed by atoms with van der Waals surface area (Å²) in [6, 6.07) is 12.3. The number of rotatable bonds is 4. The number of pyridine rings is 1. The molecule has 25 heavy (non-hydrogen) atoms. The number of fused-ring (bicyclic) bond motifs is 1. The first kappa shape index (κ1) is 15.4. The van der Waals surface area contributed by atoms with Crippen LogP contribution in [-0.4, -0.2) is 25.8 Å². The first-order valence-electron chi connectivity index (χ1n) is 7.50. The van der Waals surface area contributed by atoms with Crippen molar-refractivity contribution in [3.8, 4) is 11.5 Å². The fraction of sp³-hybridized carbons (Fsp3) is 0.0556. The Balaban J connectivity index is 1.85. The Labute approximate surface area is 147 Å². The number of aromatic nitrogens is 3. The van der Waals surface area contributed by atoms with E-state index in [2.05, 4.69) is 10.1 Å². The number of nitrogens with zero attached hydrogens (tertiary/aromatic N) is 3. The summed E-state index contributed by atoms with van der Waals surface area (Å²) >= 11 is 5.91. The average Bonchev–Trinajstić information content (AvgIpc) is 3.26. The van der Waals surface area contributed by atoms with Crippen LogP contribution in [0.1, 0.15) is 15.9 Å². The van der Waals surface area contributed by atoms with Gasteiger partial charge in [-0.1, -0.05) is 23.7 Å². The first-order valence-corrected chi connectivity index (χ1v) is 7.88. The smallest absolute Gasteiger partial charge is 0.336 e. The van der Waals surface area contributed by atoms with Crippen molar-refractivity contribution < 1.29 is 14.3 Å². The number of carboxylic acids is 1. The first-order chi connectivity index (χ1) is 12.1. The molecule has 3 heterocycles. The molecule has 0 saturated carbocycles. The van der Waals surface area contributed by atoms with Gasteiger partial charge in [0.1, 0.15) is 5.69 Å². The molecule has 0 bridgehead atoms. The van der Waals surface area contributed by atoms with Gasteiger partial charge in [0, 0.05) is 5.02 Å². The Bertz CT molecular complexity index is 1050. The summed E-state index contributed by atoms with van der Waals surface area (Å²) in [5, 5.41) is 15.0. The number of benzene rings is 1. The number of halogens is 1. The average molecular weight is 354 g/mol. The van der Waals surface area contributed by atoms with Crippen molar-refractivity contribution in [2.75, 3.05) is 0 Å². The van der Waals surface area contributed by atoms with E-state index in [9.17, 15) is 9.90 Å². The number of hydrogen-bond donors (Lipinski definition) is 1. The molecule has 0 aliphatic carbocycles. The molecule has 1 aromatic carbocycles. The Kier molecular flexibility index (Phi) is 3.74. The summed E-state index contributed by atoms with van der Waals surface area (Å²) in [6.45, 7) is 0.453. The van der Waals surface area contributed by atoms with Crippen LogP contribution in [0.4, 0.5) is 0 Å². The zero-order valence-corrected chi connectivity index (χ0v) is 13.6. The number of aromatic carboxylic acids is 1. The number of carbonyl (C=O) groups is 1. The van der Waals surface area contributed by atoms with Crippen LogP contribution in [0.15, 0.2) is 59.3 Å². The number of carboxylic acid groups (broad SMARTS) is 1. The van der Waals surface area contributed by atoms with Crippen molar-refractivity contribution in [1.29, 1.82) is 0 Å². The lowest BCUT2D eigenvalue weighted by molar-refractivity contribution is 0.0699. The lowest BCUT2D eigenvalue weighted by Crippen LogP contribution is -2.05. The van der Waals surface area contributed by atoms with Crippen LogP contribution in [0, 0.1) is 0 Å². The third-order valence-corrected chi connectivity index (χ3v) is 4.11. The molecule has 124 valence electrons. The van der Waals surface area contributed by atoms with Crippen LogP contribution < -0.4 is 0 Å². The molecule has 0 aliphatic rings. The van der Waals surface area contributed by atoms with E-state index >= 15 is 0 Å². The van der Waals surface area contributed by atoms with Gasteiger partial charge in [-0.15, -0.1) is 0 Å². The Hall–Kier alpha value is -3.12. The van der Waals surface area contributed by atoms with Crippen molar-refractivity contribution in [3.63, 3.8) is 0 Å². The molecule has 4 aromatic rings. The van der Waals surface area contributed by atoms with E-state index < -0.39 is 5.97 Å². The molecular weight excluding hydrogens is 342 g/mol. The molecule has 0 unspecified atom stereocenters. The number of furan rings is 1. The van der Waals surface area contributed by atoms with Crippen LogP contribution in [0.2, 0.25) is 5.02 Å². The predicted molar refractivity (Wildman–Crippen MR) is 92.7 cm³/mol. The van der Waals surface area contributed by atoms with E-state index in [1.165, 1.54) is 18.5 Å². The third-order valence-electron chi connectivity index (χ3n) is 3.86. The van der Waals surface area contributed by atoms with Crippen molar-refractivity contribution in [1.82, 2.24) is 14.8 Å². The minimum Gasteiger partial charge on any atom is -0.478 e. The molecule has 0 amide bonds. The highest BCUT2D eigenvalue weighted by Crippen LogP contribution is 2.25. The van der Waals surface area contributed by atoms with E-state index in [1.807, 2.05) is 12.1 Å². The maximum absolute atomic E-state index is 11.6. The SMILES string of the molecule is O=C(O)c1cc(-c2ccco2)nc2c1cnn2Cc1ccc(Cl)cc1. The van der Waals surface area contributed by atoms with Gasteiger partial charge < -0.3 is 9.52 Å². The van der Waals surface area contributed by atoms with Crippen molar-refractivity contribution in [2.24, 2.45) is 0 Å². The highest BCUT2D eigenvalue weighted by atomic mass is 35.5. The van der Waals surface area contributed by atoms with Gasteiger partial charge in [0.25, 0.3) is 0 Å². The zero-order valence-electron chi connectivity index (χ0n) is 12.9. The van der Waals surface area contributed by atoms with E-state index in [0.29, 0.717) is 34.1 Å². The van der Waals surface area contributed by atoms with Gasteiger partial charge in [-0.2, -0.15) is 5.10 Å². The fourth-order valence-electron chi connectivity index (χ4n) is 2.65. The van der Waals surface area contributed by atoms with E-state index in [4.69, 9.17) is 16.0 Å². The quantitative estimate of drug-likeness (QED) is 0.597. The van der Waals surface area contributed by atoms with Gasteiger partial charge in [0.2, 0.25) is 0 Å². The predicted octanol–water partition coefficient (Wildman–Crippen LogP) is 4.09. The van der Waals surface area contributed by atoms with Gasteiger partial charge >= 0.3 is 5.97 Å². The standard InChI is InChI=1S/C18H12ClN3O3/c19-12-5-3-11(4-6-12)10-22-17-14(9-20-22)13(18(23)24)8-15(21-17)16-2-1-7-25-16/h1-9H,10H2,(H,23,24). The van der Waals surface area contributed by atoms with Gasteiger partial charge in [0.15, 0.2) is 11.4 Å². The Morgan fingerprint density at radius 1 is 1.24 bits per heavy atom. The summed E-state index contributed by atoms with van der Waals surface area (Å²) in [4.78, 5) is 16.2. The maximum Gasteiger partial charge on any atom is 0.336 e. The van der Waals surface area contributed by atoms with Crippen molar-refractivity contribution in [3.05, 3.63) is 71.1 Å². The molecule has 0 spiro atoms. The van der Waals surface area contributed by atoms with Gasteiger partial charge in [-0.3, -0.25) is 0 Å². The lowest BCUT2D eigenvalue weighted by Gasteiger charge is -2.06. The maximum atomic E-state index is 11.6. The van der Waals surface area contributed by atoms with Gasteiger partial charge in [-0.25, -0.2) is 14.5 Å². The normalized spacial score (nSPS) is 11.1. The molecule has 0 atom stereocenters. The molecule has 0 fully saturated rings. The Morgan fingerprint density at radius 3 is 2.72 bits per heavy atom. The lowest BCUT2D eigenvalue weighted by atomic mass is 10.1. The molecule has 6 nitrogen and oxygen atoms in total. The molecule has 4 rings (SSSR count). The zero-order chi connectivity index (χ0) is 17.4. The second-order valence-corrected chi connectivity index (χ2v) is 5.94. The largest absolute Gasteiger partial charge is 0.478 e. The van der Waals surface area contributed by atoms with E-state index in [0.717, 1.165) is 5.56 Å². The minimum atomic E-state index is -1.04. The van der Waals surface area contributed by atoms with Crippen LogP contribution >= 0.6 is 11.6 Å². The second-order valence-electron chi connectivity index (χ2n) is 5.50. The molecule has 7 heteroatoms. The Morgan fingerprint density at radius 2 is 2.04 bits per heavy atom. The summed E-state index contributed by atoms with van der Waals surface area (Å²) in [5.41, 5.74) is 2.06. The number of hydrogen-bond acceptors (Lipinski definition) is 4. The summed E-state index contributed by atoms with van der Waals surface area (Å²) in [6.07, 6.45) is 3.04. The van der Waals surface area contributed by atoms with Crippen LogP contribution in [0.5, 0.6) is 0 Å². The molecule has 3 aromatic heterocycles. The van der Waals surface area contributed by atoms with Crippen LogP contribution in [0.3, 0.4) is 0 Å². The van der Waals surface area contributed by atoms with E-state index in [1.54, 1.807) is 28.9 Å². The topological polar surface area (TPSA) is 81.2 Å². The molecule has 0 saturated heterocycles. The molecule has 1 N–H and O–H groups in total. The third kappa shape index (κ3) is 2.88. The van der Waals surface area contributed by atoms with Crippen LogP contribution in [-0.2, 0) is 6.54 Å². The van der Waals surface area contributed by atoms with Crippen LogP contribution in [0.25, 0.3) is 22.5 Å². The monoisotopic (exact) mass is 353 g/mol. The van der Waals surface area contributed by atoms with Crippen molar-refractivity contribution >= 4 is 28.6 Å². The summed E-state index contributed by atoms with van der Waals surface area (Å²) in [5.74, 6) is -0.533. The van der Waals surface area contributed by atoms with E-state index in [-0.39, 0.29) is 5.56 Å². The highest BCUT2D eigenvalue weighted by molar-refractivity contribution is 6.30. The molecule has 0 radical (unpaired) electrons. The highest BCUT2D eigenvalue weighted by Gasteiger charge is 2.17. The fourth-order valence-corrected chi connectivity index (χ4v) is 2.78. The summed E-state index contributed by atoms with van der Waals surface area (Å²) in [7, 11) is 0. The minimum absolute atomic E-state index is 0.138. The summed E-state index contributed by atoms with van der Waals surface area (Å²) < 4.78 is 7.02. The molecule has 0 aliphatic heterocycles.